The maximum Gasteiger partial charge on any atom is -0.00546 e. The van der Waals surface area contributed by atoms with Gasteiger partial charge in [0.05, 0.1) is 0 Å². The molecule has 0 aliphatic carbocycles. The molecule has 0 aromatic rings. The minimum Gasteiger partial charge on any atom is -0.320 e. The molecule has 0 aromatic carbocycles. The van der Waals surface area contributed by atoms with E-state index in [1.807, 2.05) is 34.7 Å². The van der Waals surface area contributed by atoms with Gasteiger partial charge in [-0.3, -0.25) is 0 Å². The zero-order valence-corrected chi connectivity index (χ0v) is 11.3. The molecule has 0 amide bonds. The standard InChI is InChI=1S/C4H11N.C4H10.2C2H6/c1-3-4-5-2;1-3-4-2;2*1-2/h5H,3-4H2,1-2H3;3-4H2,1-2H3;2*1-2H3. The van der Waals surface area contributed by atoms with Crippen LogP contribution in [0.15, 0.2) is 0 Å². The van der Waals surface area contributed by atoms with E-state index in [0.717, 1.165) is 6.54 Å². The van der Waals surface area contributed by atoms with Crippen molar-refractivity contribution >= 4 is 0 Å². The molecule has 0 spiro atoms. The molecule has 0 fully saturated rings. The second-order valence-electron chi connectivity index (χ2n) is 2.10. The fraction of sp³-hybridized carbons (Fsp3) is 1.00. The van der Waals surface area contributed by atoms with Gasteiger partial charge in [-0.25, -0.2) is 0 Å². The van der Waals surface area contributed by atoms with E-state index >= 15 is 0 Å². The molecule has 1 heteroatoms. The van der Waals surface area contributed by atoms with Crippen LogP contribution in [0.4, 0.5) is 0 Å². The van der Waals surface area contributed by atoms with E-state index in [4.69, 9.17) is 0 Å². The first kappa shape index (κ1) is 23.1. The van der Waals surface area contributed by atoms with Gasteiger partial charge in [-0.2, -0.15) is 0 Å². The van der Waals surface area contributed by atoms with Crippen molar-refractivity contribution in [2.45, 2.75) is 67.7 Å². The Bertz CT molecular complexity index is 24.3. The van der Waals surface area contributed by atoms with Gasteiger partial charge in [0.25, 0.3) is 0 Å². The first-order valence-corrected chi connectivity index (χ1v) is 5.97. The predicted octanol–water partition coefficient (Wildman–Crippen LogP) is 4.47. The first-order chi connectivity index (χ1) is 6.33. The second kappa shape index (κ2) is 58.4. The van der Waals surface area contributed by atoms with Crippen molar-refractivity contribution in [2.75, 3.05) is 13.6 Å². The summed E-state index contributed by atoms with van der Waals surface area (Å²) in [7, 11) is 1.96. The Morgan fingerprint density at radius 1 is 0.692 bits per heavy atom. The van der Waals surface area contributed by atoms with E-state index in [9.17, 15) is 0 Å². The minimum absolute atomic E-state index is 1.14. The van der Waals surface area contributed by atoms with Gasteiger partial charge in [-0.1, -0.05) is 61.3 Å². The number of unbranched alkanes of at least 4 members (excludes halogenated alkanes) is 1. The molecule has 0 bridgehead atoms. The molecule has 0 saturated heterocycles. The number of hydrogen-bond acceptors (Lipinski definition) is 1. The number of rotatable bonds is 3. The highest BCUT2D eigenvalue weighted by molar-refractivity contribution is 4.28. The van der Waals surface area contributed by atoms with Crippen LogP contribution < -0.4 is 5.32 Å². The Hall–Kier alpha value is -0.0400. The third kappa shape index (κ3) is 135. The smallest absolute Gasteiger partial charge is 0.00546 e. The maximum atomic E-state index is 3.02. The van der Waals surface area contributed by atoms with Gasteiger partial charge in [-0.05, 0) is 20.0 Å². The molecular weight excluding hydrogens is 158 g/mol. The molecule has 0 aromatic heterocycles. The summed E-state index contributed by atoms with van der Waals surface area (Å²) in [6.45, 7) is 15.6. The summed E-state index contributed by atoms with van der Waals surface area (Å²) in [4.78, 5) is 0. The molecule has 0 unspecified atom stereocenters. The molecule has 86 valence electrons. The van der Waals surface area contributed by atoms with Gasteiger partial charge < -0.3 is 5.32 Å². The van der Waals surface area contributed by atoms with E-state index in [0.29, 0.717) is 0 Å². The van der Waals surface area contributed by atoms with Crippen molar-refractivity contribution in [3.63, 3.8) is 0 Å². The Kier molecular flexibility index (Phi) is 104. The first-order valence-electron chi connectivity index (χ1n) is 5.97. The molecular formula is C12H33N. The van der Waals surface area contributed by atoms with Crippen LogP contribution in [0, 0.1) is 0 Å². The highest BCUT2D eigenvalue weighted by Crippen LogP contribution is 1.76. The summed E-state index contributed by atoms with van der Waals surface area (Å²) in [5, 5.41) is 3.02. The molecule has 13 heavy (non-hydrogen) atoms. The third-order valence-corrected chi connectivity index (χ3v) is 1.000. The highest BCUT2D eigenvalue weighted by Gasteiger charge is 1.64. The van der Waals surface area contributed by atoms with Crippen LogP contribution in [0.25, 0.3) is 0 Å². The zero-order valence-electron chi connectivity index (χ0n) is 11.3. The molecule has 0 rings (SSSR count). The molecule has 0 radical (unpaired) electrons. The Labute approximate surface area is 87.3 Å². The van der Waals surface area contributed by atoms with Gasteiger partial charge in [0, 0.05) is 0 Å². The summed E-state index contributed by atoms with van der Waals surface area (Å²) in [6, 6.07) is 0. The highest BCUT2D eigenvalue weighted by atomic mass is 14.8. The van der Waals surface area contributed by atoms with E-state index in [1.54, 1.807) is 0 Å². The summed E-state index contributed by atoms with van der Waals surface area (Å²) in [6.07, 6.45) is 3.87. The average Bonchev–Trinajstić information content (AvgIpc) is 2.25. The average molecular weight is 191 g/mol. The van der Waals surface area contributed by atoms with Crippen LogP contribution in [0.5, 0.6) is 0 Å². The fourth-order valence-electron chi connectivity index (χ4n) is 0.250. The van der Waals surface area contributed by atoms with Crippen molar-refractivity contribution in [2.24, 2.45) is 0 Å². The lowest BCUT2D eigenvalue weighted by Gasteiger charge is -1.84. The van der Waals surface area contributed by atoms with Crippen molar-refractivity contribution in [3.8, 4) is 0 Å². The molecule has 0 heterocycles. The monoisotopic (exact) mass is 191 g/mol. The lowest BCUT2D eigenvalue weighted by atomic mass is 10.4. The lowest BCUT2D eigenvalue weighted by molar-refractivity contribution is 0.772. The van der Waals surface area contributed by atoms with Crippen LogP contribution in [0.1, 0.15) is 67.7 Å². The molecule has 1 nitrogen and oxygen atoms in total. The maximum absolute atomic E-state index is 3.02. The summed E-state index contributed by atoms with van der Waals surface area (Å²) in [5.41, 5.74) is 0. The largest absolute Gasteiger partial charge is 0.320 e. The van der Waals surface area contributed by atoms with Gasteiger partial charge in [0.2, 0.25) is 0 Å². The quantitative estimate of drug-likeness (QED) is 0.694. The van der Waals surface area contributed by atoms with Crippen molar-refractivity contribution < 1.29 is 0 Å². The Morgan fingerprint density at radius 3 is 1.00 bits per heavy atom. The van der Waals surface area contributed by atoms with E-state index < -0.39 is 0 Å². The molecule has 0 saturated carbocycles. The predicted molar refractivity (Wildman–Crippen MR) is 67.5 cm³/mol. The lowest BCUT2D eigenvalue weighted by Crippen LogP contribution is -2.04. The topological polar surface area (TPSA) is 12.0 Å². The Balaban J connectivity index is -0.0000000457. The third-order valence-electron chi connectivity index (χ3n) is 1.000. The molecule has 0 aliphatic heterocycles. The normalized spacial score (nSPS) is 6.46. The van der Waals surface area contributed by atoms with Crippen molar-refractivity contribution in [1.82, 2.24) is 5.32 Å². The minimum atomic E-state index is 1.14. The van der Waals surface area contributed by atoms with Crippen molar-refractivity contribution in [1.29, 1.82) is 0 Å². The van der Waals surface area contributed by atoms with Crippen LogP contribution in [0.2, 0.25) is 0 Å². The van der Waals surface area contributed by atoms with E-state index in [-0.39, 0.29) is 0 Å². The van der Waals surface area contributed by atoms with Crippen LogP contribution in [0.3, 0.4) is 0 Å². The fourth-order valence-corrected chi connectivity index (χ4v) is 0.250. The van der Waals surface area contributed by atoms with Crippen LogP contribution in [-0.4, -0.2) is 13.6 Å². The van der Waals surface area contributed by atoms with E-state index in [1.165, 1.54) is 19.3 Å². The second-order valence-corrected chi connectivity index (χ2v) is 2.10. The summed E-state index contributed by atoms with van der Waals surface area (Å²) in [5.74, 6) is 0. The van der Waals surface area contributed by atoms with Crippen molar-refractivity contribution in [3.05, 3.63) is 0 Å². The molecule has 0 atom stereocenters. The number of nitrogens with one attached hydrogen (secondary N) is 1. The Morgan fingerprint density at radius 2 is 1.00 bits per heavy atom. The van der Waals surface area contributed by atoms with Crippen LogP contribution >= 0.6 is 0 Å². The zero-order chi connectivity index (χ0) is 11.5. The summed E-state index contributed by atoms with van der Waals surface area (Å²) < 4.78 is 0. The SMILES string of the molecule is CC.CC.CCCC.CCCNC. The number of hydrogen-bond donors (Lipinski definition) is 1. The van der Waals surface area contributed by atoms with Gasteiger partial charge in [0.15, 0.2) is 0 Å². The van der Waals surface area contributed by atoms with Gasteiger partial charge >= 0.3 is 0 Å². The van der Waals surface area contributed by atoms with Gasteiger partial charge in [0.1, 0.15) is 0 Å². The van der Waals surface area contributed by atoms with Crippen LogP contribution in [-0.2, 0) is 0 Å². The summed E-state index contributed by atoms with van der Waals surface area (Å²) >= 11 is 0. The van der Waals surface area contributed by atoms with E-state index in [2.05, 4.69) is 26.1 Å². The van der Waals surface area contributed by atoms with Gasteiger partial charge in [-0.15, -0.1) is 0 Å². The molecule has 0 aliphatic rings. The molecule has 1 N–H and O–H groups in total.